The Morgan fingerprint density at radius 2 is 2.10 bits per heavy atom. The van der Waals surface area contributed by atoms with Gasteiger partial charge in [-0.3, -0.25) is 9.69 Å². The van der Waals surface area contributed by atoms with Crippen molar-refractivity contribution in [1.82, 2.24) is 15.5 Å². The van der Waals surface area contributed by atoms with Gasteiger partial charge in [0.15, 0.2) is 0 Å². The van der Waals surface area contributed by atoms with Gasteiger partial charge in [0.1, 0.15) is 0 Å². The van der Waals surface area contributed by atoms with Gasteiger partial charge in [0.05, 0.1) is 0 Å². The zero-order valence-corrected chi connectivity index (χ0v) is 12.8. The van der Waals surface area contributed by atoms with Crippen LogP contribution in [-0.2, 0) is 6.42 Å². The zero-order valence-electron chi connectivity index (χ0n) is 12.8. The molecule has 1 aromatic carbocycles. The molecule has 0 radical (unpaired) electrons. The van der Waals surface area contributed by atoms with Crippen molar-refractivity contribution in [2.75, 3.05) is 26.7 Å². The fraction of sp³-hybridized carbons (Fsp3) is 0.588. The molecule has 1 aliphatic heterocycles. The van der Waals surface area contributed by atoms with E-state index < -0.39 is 0 Å². The quantitative estimate of drug-likeness (QED) is 0.831. The monoisotopic (exact) mass is 287 g/mol. The van der Waals surface area contributed by atoms with Gasteiger partial charge in [0.2, 0.25) is 0 Å². The van der Waals surface area contributed by atoms with E-state index in [4.69, 9.17) is 0 Å². The van der Waals surface area contributed by atoms with Crippen molar-refractivity contribution < 1.29 is 4.79 Å². The van der Waals surface area contributed by atoms with E-state index in [0.717, 1.165) is 49.6 Å². The summed E-state index contributed by atoms with van der Waals surface area (Å²) in [6.07, 6.45) is 4.65. The van der Waals surface area contributed by atoms with Crippen molar-refractivity contribution in [3.63, 3.8) is 0 Å². The summed E-state index contributed by atoms with van der Waals surface area (Å²) in [7, 11) is 1.94. The molecule has 0 bridgehead atoms. The van der Waals surface area contributed by atoms with Crippen LogP contribution in [0, 0.1) is 0 Å². The zero-order chi connectivity index (χ0) is 14.7. The van der Waals surface area contributed by atoms with Gasteiger partial charge in [-0.15, -0.1) is 0 Å². The second kappa shape index (κ2) is 6.58. The van der Waals surface area contributed by atoms with Crippen LogP contribution in [0.4, 0.5) is 0 Å². The van der Waals surface area contributed by atoms with E-state index in [9.17, 15) is 4.79 Å². The number of nitrogens with one attached hydrogen (secondary N) is 2. The number of benzene rings is 1. The maximum absolute atomic E-state index is 12.5. The standard InChI is InChI=1S/C17H25N3O/c1-18-10-8-13-4-2-3-5-16(13)17(21)19-14-9-11-20(12-14)15-6-7-15/h2-5,14-15,18H,6-12H2,1H3,(H,19,21). The molecule has 1 aliphatic carbocycles. The Labute approximate surface area is 126 Å². The maximum Gasteiger partial charge on any atom is 0.251 e. The molecule has 1 saturated carbocycles. The van der Waals surface area contributed by atoms with Crippen LogP contribution in [0.1, 0.15) is 35.2 Å². The minimum absolute atomic E-state index is 0.0874. The van der Waals surface area contributed by atoms with Gasteiger partial charge in [-0.1, -0.05) is 18.2 Å². The molecule has 21 heavy (non-hydrogen) atoms. The van der Waals surface area contributed by atoms with Crippen molar-refractivity contribution in [3.05, 3.63) is 35.4 Å². The number of carbonyl (C=O) groups excluding carboxylic acids is 1. The van der Waals surface area contributed by atoms with Crippen molar-refractivity contribution in [1.29, 1.82) is 0 Å². The van der Waals surface area contributed by atoms with Crippen LogP contribution < -0.4 is 10.6 Å². The first-order valence-corrected chi connectivity index (χ1v) is 8.05. The number of nitrogens with zero attached hydrogens (tertiary/aromatic N) is 1. The van der Waals surface area contributed by atoms with Crippen LogP contribution in [-0.4, -0.2) is 49.6 Å². The predicted molar refractivity (Wildman–Crippen MR) is 84.5 cm³/mol. The highest BCUT2D eigenvalue weighted by Gasteiger charge is 2.34. The predicted octanol–water partition coefficient (Wildman–Crippen LogP) is 1.41. The number of likely N-dealkylation sites (N-methyl/N-ethyl adjacent to an activating group) is 1. The Bertz CT molecular complexity index is 499. The lowest BCUT2D eigenvalue weighted by Crippen LogP contribution is -2.38. The van der Waals surface area contributed by atoms with Crippen LogP contribution in [0.5, 0.6) is 0 Å². The Morgan fingerprint density at radius 1 is 1.29 bits per heavy atom. The minimum Gasteiger partial charge on any atom is -0.348 e. The van der Waals surface area contributed by atoms with Gasteiger partial charge in [0, 0.05) is 30.7 Å². The third kappa shape index (κ3) is 3.63. The van der Waals surface area contributed by atoms with E-state index in [0.29, 0.717) is 6.04 Å². The average Bonchev–Trinajstić information content (AvgIpc) is 3.26. The summed E-state index contributed by atoms with van der Waals surface area (Å²) < 4.78 is 0. The number of hydrogen-bond donors (Lipinski definition) is 2. The van der Waals surface area contributed by atoms with E-state index in [2.05, 4.69) is 21.6 Å². The van der Waals surface area contributed by atoms with Crippen molar-refractivity contribution in [3.8, 4) is 0 Å². The Morgan fingerprint density at radius 3 is 2.86 bits per heavy atom. The van der Waals surface area contributed by atoms with Gasteiger partial charge in [-0.05, 0) is 50.9 Å². The summed E-state index contributed by atoms with van der Waals surface area (Å²) in [5, 5.41) is 6.37. The molecule has 2 N–H and O–H groups in total. The largest absolute Gasteiger partial charge is 0.348 e. The third-order valence-electron chi connectivity index (χ3n) is 4.52. The fourth-order valence-electron chi connectivity index (χ4n) is 3.16. The SMILES string of the molecule is CNCCc1ccccc1C(=O)NC1CCN(C2CC2)C1. The molecule has 1 unspecified atom stereocenters. The van der Waals surface area contributed by atoms with E-state index in [1.165, 1.54) is 12.8 Å². The molecule has 1 aromatic rings. The lowest BCUT2D eigenvalue weighted by Gasteiger charge is -2.17. The first-order chi connectivity index (χ1) is 10.3. The molecule has 0 aromatic heterocycles. The molecule has 2 aliphatic rings. The van der Waals surface area contributed by atoms with E-state index in [-0.39, 0.29) is 5.91 Å². The van der Waals surface area contributed by atoms with E-state index in [1.54, 1.807) is 0 Å². The van der Waals surface area contributed by atoms with Gasteiger partial charge in [-0.2, -0.15) is 0 Å². The summed E-state index contributed by atoms with van der Waals surface area (Å²) in [6.45, 7) is 3.05. The molecule has 4 heteroatoms. The van der Waals surface area contributed by atoms with Crippen molar-refractivity contribution in [2.24, 2.45) is 0 Å². The Hall–Kier alpha value is -1.39. The third-order valence-corrected chi connectivity index (χ3v) is 4.52. The fourth-order valence-corrected chi connectivity index (χ4v) is 3.16. The topological polar surface area (TPSA) is 44.4 Å². The van der Waals surface area contributed by atoms with Crippen LogP contribution in [0.3, 0.4) is 0 Å². The molecule has 1 amide bonds. The molecular weight excluding hydrogens is 262 g/mol. The highest BCUT2D eigenvalue weighted by Crippen LogP contribution is 2.29. The van der Waals surface area contributed by atoms with E-state index in [1.807, 2.05) is 25.2 Å². The second-order valence-corrected chi connectivity index (χ2v) is 6.20. The summed E-state index contributed by atoms with van der Waals surface area (Å²) >= 11 is 0. The highest BCUT2D eigenvalue weighted by molar-refractivity contribution is 5.95. The number of hydrogen-bond acceptors (Lipinski definition) is 3. The van der Waals surface area contributed by atoms with E-state index >= 15 is 0 Å². The molecule has 1 saturated heterocycles. The molecular formula is C17H25N3O. The molecule has 2 fully saturated rings. The molecule has 114 valence electrons. The first kappa shape index (κ1) is 14.5. The lowest BCUT2D eigenvalue weighted by atomic mass is 10.0. The number of amides is 1. The number of carbonyl (C=O) groups is 1. The summed E-state index contributed by atoms with van der Waals surface area (Å²) in [5.41, 5.74) is 1.96. The molecule has 4 nitrogen and oxygen atoms in total. The van der Waals surface area contributed by atoms with Crippen LogP contribution in [0.15, 0.2) is 24.3 Å². The lowest BCUT2D eigenvalue weighted by molar-refractivity contribution is 0.0936. The average molecular weight is 287 g/mol. The smallest absolute Gasteiger partial charge is 0.251 e. The van der Waals surface area contributed by atoms with Crippen molar-refractivity contribution in [2.45, 2.75) is 37.8 Å². The van der Waals surface area contributed by atoms with Crippen LogP contribution >= 0.6 is 0 Å². The van der Waals surface area contributed by atoms with Gasteiger partial charge in [-0.25, -0.2) is 0 Å². The van der Waals surface area contributed by atoms with Crippen molar-refractivity contribution >= 4 is 5.91 Å². The second-order valence-electron chi connectivity index (χ2n) is 6.20. The van der Waals surface area contributed by atoms with Gasteiger partial charge in [0.25, 0.3) is 5.91 Å². The number of likely N-dealkylation sites (tertiary alicyclic amines) is 1. The Kier molecular flexibility index (Phi) is 4.56. The first-order valence-electron chi connectivity index (χ1n) is 8.05. The molecule has 0 spiro atoms. The summed E-state index contributed by atoms with van der Waals surface area (Å²) in [4.78, 5) is 15.1. The maximum atomic E-state index is 12.5. The Balaban J connectivity index is 1.59. The highest BCUT2D eigenvalue weighted by atomic mass is 16.1. The minimum atomic E-state index is 0.0874. The van der Waals surface area contributed by atoms with Crippen LogP contribution in [0.2, 0.25) is 0 Å². The number of rotatable bonds is 6. The molecule has 1 atom stereocenters. The van der Waals surface area contributed by atoms with Crippen LogP contribution in [0.25, 0.3) is 0 Å². The summed E-state index contributed by atoms with van der Waals surface area (Å²) in [5.74, 6) is 0.0874. The molecule has 3 rings (SSSR count). The summed E-state index contributed by atoms with van der Waals surface area (Å²) in [6, 6.07) is 9.06. The molecule has 1 heterocycles. The normalized spacial score (nSPS) is 22.4. The van der Waals surface area contributed by atoms with Gasteiger partial charge < -0.3 is 10.6 Å². The van der Waals surface area contributed by atoms with Gasteiger partial charge >= 0.3 is 0 Å².